The van der Waals surface area contributed by atoms with Crippen LogP contribution in [0.5, 0.6) is 0 Å². The molecule has 1 aliphatic carbocycles. The summed E-state index contributed by atoms with van der Waals surface area (Å²) in [6.07, 6.45) is 5.49. The zero-order valence-corrected chi connectivity index (χ0v) is 8.91. The quantitative estimate of drug-likeness (QED) is 0.581. The summed E-state index contributed by atoms with van der Waals surface area (Å²) in [5, 5.41) is 7.36. The molecule has 0 atom stereocenters. The molecule has 0 saturated carbocycles. The van der Waals surface area contributed by atoms with Crippen molar-refractivity contribution in [1.29, 1.82) is 5.41 Å². The largest absolute Gasteiger partial charge is 0.305 e. The summed E-state index contributed by atoms with van der Waals surface area (Å²) in [7, 11) is 0. The number of nitrogens with one attached hydrogen (secondary N) is 1. The molecule has 0 unspecified atom stereocenters. The van der Waals surface area contributed by atoms with Gasteiger partial charge in [0, 0.05) is 17.0 Å². The number of rotatable bonds is 1. The van der Waals surface area contributed by atoms with Crippen molar-refractivity contribution in [2.75, 3.05) is 0 Å². The van der Waals surface area contributed by atoms with E-state index in [9.17, 15) is 0 Å². The monoisotopic (exact) mass is 183 g/mol. The van der Waals surface area contributed by atoms with Crippen LogP contribution in [0.2, 0.25) is 0 Å². The Morgan fingerprint density at radius 2 is 2.00 bits per heavy atom. The summed E-state index contributed by atoms with van der Waals surface area (Å²) in [4.78, 5) is 1.04. The Morgan fingerprint density at radius 3 is 2.42 bits per heavy atom. The lowest BCUT2D eigenvalue weighted by atomic mass is 10.0. The molecule has 0 fully saturated rings. The molecule has 0 aliphatic heterocycles. The van der Waals surface area contributed by atoms with Gasteiger partial charge in [0.25, 0.3) is 0 Å². The Balaban J connectivity index is 0.000000561. The normalized spacial score (nSPS) is 15.8. The molecule has 0 aromatic carbocycles. The lowest BCUT2D eigenvalue weighted by Gasteiger charge is -2.10. The van der Waals surface area contributed by atoms with Crippen LogP contribution in [-0.2, 0) is 0 Å². The van der Waals surface area contributed by atoms with Gasteiger partial charge in [-0.1, -0.05) is 26.3 Å². The highest BCUT2D eigenvalue weighted by atomic mass is 32.1. The molecule has 1 aliphatic rings. The van der Waals surface area contributed by atoms with Gasteiger partial charge in [0.15, 0.2) is 0 Å². The smallest absolute Gasteiger partial charge is 0.0355 e. The van der Waals surface area contributed by atoms with Crippen LogP contribution in [0.25, 0.3) is 0 Å². The summed E-state index contributed by atoms with van der Waals surface area (Å²) in [5.41, 5.74) is 1.96. The predicted octanol–water partition coefficient (Wildman–Crippen LogP) is 3.59. The summed E-state index contributed by atoms with van der Waals surface area (Å²) in [5.74, 6) is 0. The van der Waals surface area contributed by atoms with Crippen molar-refractivity contribution in [1.82, 2.24) is 0 Å². The number of hydrogen-bond donors (Lipinski definition) is 2. The molecular formula is C10H17NS. The van der Waals surface area contributed by atoms with Gasteiger partial charge in [0.2, 0.25) is 0 Å². The first-order valence-electron chi connectivity index (χ1n) is 4.40. The molecule has 68 valence electrons. The Morgan fingerprint density at radius 1 is 1.42 bits per heavy atom. The van der Waals surface area contributed by atoms with E-state index in [1.807, 2.05) is 26.0 Å². The molecule has 0 aromatic rings. The maximum atomic E-state index is 7.36. The zero-order chi connectivity index (χ0) is 9.56. The van der Waals surface area contributed by atoms with Crippen LogP contribution in [0.15, 0.2) is 22.6 Å². The molecular weight excluding hydrogens is 166 g/mol. The minimum Gasteiger partial charge on any atom is -0.305 e. The van der Waals surface area contributed by atoms with Crippen LogP contribution >= 0.6 is 12.6 Å². The van der Waals surface area contributed by atoms with E-state index in [-0.39, 0.29) is 0 Å². The topological polar surface area (TPSA) is 23.9 Å². The fourth-order valence-electron chi connectivity index (χ4n) is 0.983. The highest BCUT2D eigenvalue weighted by Crippen LogP contribution is 2.21. The summed E-state index contributed by atoms with van der Waals surface area (Å²) in [6.45, 7) is 6.10. The van der Waals surface area contributed by atoms with Crippen LogP contribution in [-0.4, -0.2) is 5.71 Å². The van der Waals surface area contributed by atoms with E-state index >= 15 is 0 Å². The minimum atomic E-state index is 0.689. The van der Waals surface area contributed by atoms with Gasteiger partial charge >= 0.3 is 0 Å². The second-order valence-electron chi connectivity index (χ2n) is 2.38. The lowest BCUT2D eigenvalue weighted by molar-refractivity contribution is 1.04. The molecule has 0 heterocycles. The van der Waals surface area contributed by atoms with E-state index < -0.39 is 0 Å². The average molecular weight is 183 g/mol. The first kappa shape index (κ1) is 11.5. The van der Waals surface area contributed by atoms with Crippen molar-refractivity contribution >= 4 is 18.3 Å². The second kappa shape index (κ2) is 6.06. The van der Waals surface area contributed by atoms with Gasteiger partial charge in [0.05, 0.1) is 0 Å². The van der Waals surface area contributed by atoms with Gasteiger partial charge in [-0.3, -0.25) is 0 Å². The van der Waals surface area contributed by atoms with Crippen LogP contribution in [0.4, 0.5) is 0 Å². The Kier molecular flexibility index (Phi) is 5.81. The van der Waals surface area contributed by atoms with Crippen molar-refractivity contribution in [3.8, 4) is 0 Å². The van der Waals surface area contributed by atoms with Gasteiger partial charge in [-0.25, -0.2) is 0 Å². The predicted molar refractivity (Wildman–Crippen MR) is 59.1 cm³/mol. The van der Waals surface area contributed by atoms with E-state index in [1.54, 1.807) is 0 Å². The molecule has 0 saturated heterocycles. The molecule has 0 radical (unpaired) electrons. The Bertz CT molecular complexity index is 214. The third-order valence-electron chi connectivity index (χ3n) is 1.64. The van der Waals surface area contributed by atoms with E-state index in [0.29, 0.717) is 5.71 Å². The highest BCUT2D eigenvalue weighted by molar-refractivity contribution is 7.84. The Hall–Kier alpha value is -0.500. The summed E-state index contributed by atoms with van der Waals surface area (Å²) in [6, 6.07) is 0. The first-order chi connectivity index (χ1) is 5.74. The van der Waals surface area contributed by atoms with Crippen LogP contribution < -0.4 is 0 Å². The fraction of sp³-hybridized carbons (Fsp3) is 0.500. The van der Waals surface area contributed by atoms with Gasteiger partial charge in [0.1, 0.15) is 0 Å². The van der Waals surface area contributed by atoms with Crippen molar-refractivity contribution < 1.29 is 0 Å². The minimum absolute atomic E-state index is 0.689. The number of allylic oxidation sites excluding steroid dienone is 3. The number of thiol groups is 1. The van der Waals surface area contributed by atoms with Crippen molar-refractivity contribution in [3.05, 3.63) is 22.6 Å². The molecule has 12 heavy (non-hydrogen) atoms. The van der Waals surface area contributed by atoms with E-state index in [1.165, 1.54) is 5.57 Å². The van der Waals surface area contributed by atoms with Crippen LogP contribution in [0.1, 0.15) is 33.6 Å². The maximum Gasteiger partial charge on any atom is 0.0355 e. The molecule has 0 bridgehead atoms. The molecule has 2 heteroatoms. The van der Waals surface area contributed by atoms with Crippen LogP contribution in [0, 0.1) is 5.41 Å². The summed E-state index contributed by atoms with van der Waals surface area (Å²) >= 11 is 4.27. The number of hydrogen-bond acceptors (Lipinski definition) is 2. The second-order valence-corrected chi connectivity index (χ2v) is 2.86. The molecule has 0 spiro atoms. The van der Waals surface area contributed by atoms with E-state index in [0.717, 1.165) is 17.7 Å². The SMILES string of the molecule is CC.CCC1=C(S)C=CC(=N)C1. The van der Waals surface area contributed by atoms with Gasteiger partial charge in [-0.05, 0) is 18.6 Å². The van der Waals surface area contributed by atoms with Crippen molar-refractivity contribution in [2.24, 2.45) is 0 Å². The molecule has 1 nitrogen and oxygen atoms in total. The molecule has 1 rings (SSSR count). The zero-order valence-electron chi connectivity index (χ0n) is 8.02. The van der Waals surface area contributed by atoms with E-state index in [2.05, 4.69) is 19.6 Å². The third-order valence-corrected chi connectivity index (χ3v) is 2.10. The average Bonchev–Trinajstić information content (AvgIpc) is 2.13. The van der Waals surface area contributed by atoms with Gasteiger partial charge in [-0.15, -0.1) is 12.6 Å². The van der Waals surface area contributed by atoms with Gasteiger partial charge in [-0.2, -0.15) is 0 Å². The highest BCUT2D eigenvalue weighted by Gasteiger charge is 2.05. The Labute approximate surface area is 80.5 Å². The summed E-state index contributed by atoms with van der Waals surface area (Å²) < 4.78 is 0. The maximum absolute atomic E-state index is 7.36. The van der Waals surface area contributed by atoms with Crippen molar-refractivity contribution in [2.45, 2.75) is 33.6 Å². The van der Waals surface area contributed by atoms with Crippen LogP contribution in [0.3, 0.4) is 0 Å². The van der Waals surface area contributed by atoms with Gasteiger partial charge < -0.3 is 5.41 Å². The third kappa shape index (κ3) is 3.26. The standard InChI is InChI=1S/C8H11NS.C2H6/c1-2-6-5-7(9)3-4-8(6)10;1-2/h3-4,9-10H,2,5H2,1H3;1-2H3. The van der Waals surface area contributed by atoms with Crippen molar-refractivity contribution in [3.63, 3.8) is 0 Å². The van der Waals surface area contributed by atoms with E-state index in [4.69, 9.17) is 5.41 Å². The molecule has 0 aromatic heterocycles. The molecule has 1 N–H and O–H groups in total. The fourth-order valence-corrected chi connectivity index (χ4v) is 1.29. The lowest BCUT2D eigenvalue weighted by Crippen LogP contribution is -1.99. The molecule has 0 amide bonds. The first-order valence-corrected chi connectivity index (χ1v) is 4.85.